The Morgan fingerprint density at radius 3 is 2.11 bits per heavy atom. The topological polar surface area (TPSA) is 60.4 Å². The van der Waals surface area contributed by atoms with Gasteiger partial charge in [0.25, 0.3) is 0 Å². The highest BCUT2D eigenvalue weighted by Crippen LogP contribution is 2.21. The Labute approximate surface area is 169 Å². The van der Waals surface area contributed by atoms with E-state index in [0.717, 1.165) is 11.1 Å². The maximum atomic E-state index is 12.3. The summed E-state index contributed by atoms with van der Waals surface area (Å²) in [6.07, 6.45) is 3.14. The lowest BCUT2D eigenvalue weighted by molar-refractivity contribution is 0.104. The Morgan fingerprint density at radius 2 is 1.50 bits per heavy atom. The van der Waals surface area contributed by atoms with Crippen molar-refractivity contribution in [3.05, 3.63) is 101 Å². The van der Waals surface area contributed by atoms with Crippen molar-refractivity contribution >= 4 is 33.6 Å². The molecule has 0 aliphatic rings. The molecular weight excluding hydrogens is 396 g/mol. The van der Waals surface area contributed by atoms with Crippen LogP contribution < -0.4 is 4.18 Å². The van der Waals surface area contributed by atoms with E-state index in [1.54, 1.807) is 30.3 Å². The Kier molecular flexibility index (Phi) is 5.97. The second-order valence-corrected chi connectivity index (χ2v) is 8.11. The van der Waals surface area contributed by atoms with Crippen LogP contribution in [0.5, 0.6) is 5.75 Å². The van der Waals surface area contributed by atoms with E-state index in [1.807, 2.05) is 19.1 Å². The van der Waals surface area contributed by atoms with Gasteiger partial charge >= 0.3 is 10.1 Å². The van der Waals surface area contributed by atoms with Gasteiger partial charge in [0.15, 0.2) is 5.78 Å². The van der Waals surface area contributed by atoms with Crippen LogP contribution in [-0.4, -0.2) is 14.2 Å². The number of aryl methyl sites for hydroxylation is 1. The van der Waals surface area contributed by atoms with E-state index in [9.17, 15) is 13.2 Å². The molecule has 0 saturated heterocycles. The lowest BCUT2D eigenvalue weighted by Crippen LogP contribution is -2.09. The maximum Gasteiger partial charge on any atom is 0.339 e. The molecule has 0 bridgehead atoms. The standard InChI is InChI=1S/C22H17ClO4S/c1-16-2-7-18(8-3-16)22(24)15-6-17-4-11-20(12-5-17)27-28(25,26)21-13-9-19(23)10-14-21/h2-15H,1H3/b15-6+. The van der Waals surface area contributed by atoms with Crippen molar-refractivity contribution in [3.8, 4) is 5.75 Å². The van der Waals surface area contributed by atoms with Gasteiger partial charge < -0.3 is 4.18 Å². The van der Waals surface area contributed by atoms with Crippen LogP contribution in [0.25, 0.3) is 6.08 Å². The molecular formula is C22H17ClO4S. The molecule has 0 unspecified atom stereocenters. The SMILES string of the molecule is Cc1ccc(C(=O)/C=C/c2ccc(OS(=O)(=O)c3ccc(Cl)cc3)cc2)cc1. The third-order valence-electron chi connectivity index (χ3n) is 3.95. The Bertz CT molecular complexity index is 1100. The van der Waals surface area contributed by atoms with Gasteiger partial charge in [0, 0.05) is 10.6 Å². The molecule has 0 amide bonds. The fourth-order valence-electron chi connectivity index (χ4n) is 2.40. The summed E-state index contributed by atoms with van der Waals surface area (Å²) in [6.45, 7) is 1.96. The molecule has 3 aromatic carbocycles. The van der Waals surface area contributed by atoms with E-state index in [0.29, 0.717) is 10.6 Å². The first-order chi connectivity index (χ1) is 13.3. The van der Waals surface area contributed by atoms with Crippen LogP contribution in [0.1, 0.15) is 21.5 Å². The first kappa shape index (κ1) is 19.9. The summed E-state index contributed by atoms with van der Waals surface area (Å²) < 4.78 is 29.7. The molecule has 0 radical (unpaired) electrons. The molecule has 6 heteroatoms. The third kappa shape index (κ3) is 5.09. The van der Waals surface area contributed by atoms with Crippen molar-refractivity contribution in [1.29, 1.82) is 0 Å². The normalized spacial score (nSPS) is 11.5. The summed E-state index contributed by atoms with van der Waals surface area (Å²) in [7, 11) is -3.94. The van der Waals surface area contributed by atoms with E-state index >= 15 is 0 Å². The number of ketones is 1. The molecule has 0 aliphatic heterocycles. The monoisotopic (exact) mass is 412 g/mol. The largest absolute Gasteiger partial charge is 0.379 e. The number of rotatable bonds is 6. The average Bonchev–Trinajstić information content (AvgIpc) is 2.68. The van der Waals surface area contributed by atoms with E-state index < -0.39 is 10.1 Å². The van der Waals surface area contributed by atoms with Gasteiger partial charge in [-0.05, 0) is 55.0 Å². The van der Waals surface area contributed by atoms with Gasteiger partial charge in [0.05, 0.1) is 0 Å². The van der Waals surface area contributed by atoms with Crippen molar-refractivity contribution in [1.82, 2.24) is 0 Å². The van der Waals surface area contributed by atoms with E-state index in [4.69, 9.17) is 15.8 Å². The predicted octanol–water partition coefficient (Wildman–Crippen LogP) is 5.31. The second kappa shape index (κ2) is 8.42. The maximum absolute atomic E-state index is 12.3. The van der Waals surface area contributed by atoms with Crippen molar-refractivity contribution in [2.45, 2.75) is 11.8 Å². The van der Waals surface area contributed by atoms with Crippen LogP contribution in [0.2, 0.25) is 5.02 Å². The van der Waals surface area contributed by atoms with E-state index in [-0.39, 0.29) is 16.4 Å². The molecule has 0 atom stereocenters. The summed E-state index contributed by atoms with van der Waals surface area (Å²) in [5.74, 6) is 0.0719. The number of allylic oxidation sites excluding steroid dienone is 1. The fourth-order valence-corrected chi connectivity index (χ4v) is 3.45. The van der Waals surface area contributed by atoms with Gasteiger partial charge in [0.1, 0.15) is 10.6 Å². The molecule has 4 nitrogen and oxygen atoms in total. The zero-order valence-corrected chi connectivity index (χ0v) is 16.6. The van der Waals surface area contributed by atoms with Crippen molar-refractivity contribution in [2.24, 2.45) is 0 Å². The number of benzene rings is 3. The van der Waals surface area contributed by atoms with Crippen LogP contribution >= 0.6 is 11.6 Å². The Morgan fingerprint density at radius 1 is 0.893 bits per heavy atom. The minimum absolute atomic E-state index is 0.0181. The molecule has 0 aromatic heterocycles. The fraction of sp³-hybridized carbons (Fsp3) is 0.0455. The molecule has 28 heavy (non-hydrogen) atoms. The van der Waals surface area contributed by atoms with Crippen molar-refractivity contribution < 1.29 is 17.4 Å². The lowest BCUT2D eigenvalue weighted by atomic mass is 10.1. The minimum atomic E-state index is -3.94. The Balaban J connectivity index is 1.68. The molecule has 142 valence electrons. The molecule has 0 saturated carbocycles. The summed E-state index contributed by atoms with van der Waals surface area (Å²) in [5.41, 5.74) is 2.44. The molecule has 0 aliphatic carbocycles. The Hall–Kier alpha value is -2.89. The van der Waals surface area contributed by atoms with Crippen LogP contribution in [0.4, 0.5) is 0 Å². The van der Waals surface area contributed by atoms with Gasteiger partial charge in [-0.15, -0.1) is 0 Å². The average molecular weight is 413 g/mol. The molecule has 3 rings (SSSR count). The first-order valence-corrected chi connectivity index (χ1v) is 10.2. The van der Waals surface area contributed by atoms with E-state index in [1.165, 1.54) is 42.5 Å². The summed E-state index contributed by atoms with van der Waals surface area (Å²) in [6, 6.07) is 19.5. The molecule has 0 spiro atoms. The zero-order chi connectivity index (χ0) is 20.1. The number of carbonyl (C=O) groups is 1. The number of hydrogen-bond donors (Lipinski definition) is 0. The third-order valence-corrected chi connectivity index (χ3v) is 5.46. The quantitative estimate of drug-likeness (QED) is 0.312. The number of hydrogen-bond acceptors (Lipinski definition) is 4. The highest BCUT2D eigenvalue weighted by molar-refractivity contribution is 7.87. The minimum Gasteiger partial charge on any atom is -0.379 e. The van der Waals surface area contributed by atoms with Gasteiger partial charge in [0.2, 0.25) is 0 Å². The van der Waals surface area contributed by atoms with Crippen LogP contribution in [-0.2, 0) is 10.1 Å². The highest BCUT2D eigenvalue weighted by atomic mass is 35.5. The van der Waals surface area contributed by atoms with Crippen LogP contribution in [0.15, 0.2) is 83.8 Å². The van der Waals surface area contributed by atoms with Gasteiger partial charge in [-0.3, -0.25) is 4.79 Å². The molecule has 0 fully saturated rings. The molecule has 0 N–H and O–H groups in total. The summed E-state index contributed by atoms with van der Waals surface area (Å²) in [4.78, 5) is 12.2. The predicted molar refractivity (Wildman–Crippen MR) is 110 cm³/mol. The van der Waals surface area contributed by atoms with Gasteiger partial charge in [-0.1, -0.05) is 59.6 Å². The number of carbonyl (C=O) groups excluding carboxylic acids is 1. The van der Waals surface area contributed by atoms with E-state index in [2.05, 4.69) is 0 Å². The van der Waals surface area contributed by atoms with Crippen molar-refractivity contribution in [2.75, 3.05) is 0 Å². The summed E-state index contributed by atoms with van der Waals surface area (Å²) >= 11 is 5.77. The molecule has 0 heterocycles. The lowest BCUT2D eigenvalue weighted by Gasteiger charge is -2.07. The second-order valence-electron chi connectivity index (χ2n) is 6.12. The van der Waals surface area contributed by atoms with Crippen LogP contribution in [0.3, 0.4) is 0 Å². The van der Waals surface area contributed by atoms with Gasteiger partial charge in [-0.2, -0.15) is 8.42 Å². The zero-order valence-electron chi connectivity index (χ0n) is 15.0. The smallest absolute Gasteiger partial charge is 0.339 e. The number of halogens is 1. The van der Waals surface area contributed by atoms with Crippen molar-refractivity contribution in [3.63, 3.8) is 0 Å². The molecule has 3 aromatic rings. The van der Waals surface area contributed by atoms with Crippen LogP contribution in [0, 0.1) is 6.92 Å². The highest BCUT2D eigenvalue weighted by Gasteiger charge is 2.16. The van der Waals surface area contributed by atoms with Gasteiger partial charge in [-0.25, -0.2) is 0 Å². The summed E-state index contributed by atoms with van der Waals surface area (Å²) in [5, 5.41) is 0.440. The first-order valence-electron chi connectivity index (χ1n) is 8.43.